The maximum Gasteiger partial charge on any atom is 0.142 e. The van der Waals surface area contributed by atoms with E-state index in [-0.39, 0.29) is 18.0 Å². The summed E-state index contributed by atoms with van der Waals surface area (Å²) in [6, 6.07) is 10.2. The average Bonchev–Trinajstić information content (AvgIpc) is 2.74. The monoisotopic (exact) mass is 234 g/mol. The minimum Gasteiger partial charge on any atom is -0.299 e. The first-order valence-corrected chi connectivity index (χ1v) is 5.91. The van der Waals surface area contributed by atoms with Crippen LogP contribution >= 0.6 is 11.3 Å². The molecular formula is C13H11FOS. The Morgan fingerprint density at radius 2 is 1.94 bits per heavy atom. The van der Waals surface area contributed by atoms with Gasteiger partial charge in [-0.3, -0.25) is 4.79 Å². The van der Waals surface area contributed by atoms with Gasteiger partial charge in [-0.15, -0.1) is 11.3 Å². The lowest BCUT2D eigenvalue weighted by Gasteiger charge is -2.01. The van der Waals surface area contributed by atoms with E-state index >= 15 is 0 Å². The van der Waals surface area contributed by atoms with Gasteiger partial charge in [0.25, 0.3) is 0 Å². The lowest BCUT2D eigenvalue weighted by molar-refractivity contribution is -0.117. The Balaban J connectivity index is 2.00. The molecule has 0 amide bonds. The van der Waals surface area contributed by atoms with E-state index in [2.05, 4.69) is 0 Å². The van der Waals surface area contributed by atoms with E-state index in [4.69, 9.17) is 0 Å². The Labute approximate surface area is 97.6 Å². The van der Waals surface area contributed by atoms with Gasteiger partial charge >= 0.3 is 0 Å². The number of thiophene rings is 1. The van der Waals surface area contributed by atoms with E-state index in [1.165, 1.54) is 6.07 Å². The molecule has 0 unspecified atom stereocenters. The first-order valence-electron chi connectivity index (χ1n) is 5.03. The fraction of sp³-hybridized carbons (Fsp3) is 0.154. The molecule has 0 aliphatic rings. The van der Waals surface area contributed by atoms with E-state index < -0.39 is 0 Å². The number of hydrogen-bond donors (Lipinski definition) is 0. The third-order valence-electron chi connectivity index (χ3n) is 2.30. The number of halogens is 1. The van der Waals surface area contributed by atoms with Gasteiger partial charge in [0, 0.05) is 17.7 Å². The molecule has 82 valence electrons. The van der Waals surface area contributed by atoms with E-state index in [0.29, 0.717) is 12.0 Å². The molecule has 16 heavy (non-hydrogen) atoms. The minimum absolute atomic E-state index is 0.0487. The summed E-state index contributed by atoms with van der Waals surface area (Å²) in [7, 11) is 0. The van der Waals surface area contributed by atoms with Crippen molar-refractivity contribution in [3.63, 3.8) is 0 Å². The predicted octanol–water partition coefficient (Wildman–Crippen LogP) is 3.24. The fourth-order valence-corrected chi connectivity index (χ4v) is 2.26. The molecular weight excluding hydrogens is 223 g/mol. The van der Waals surface area contributed by atoms with Crippen LogP contribution in [0, 0.1) is 5.82 Å². The molecule has 0 radical (unpaired) electrons. The number of benzene rings is 1. The molecule has 0 saturated heterocycles. The Kier molecular flexibility index (Phi) is 3.47. The van der Waals surface area contributed by atoms with Crippen LogP contribution in [0.1, 0.15) is 10.4 Å². The van der Waals surface area contributed by atoms with Crippen LogP contribution in [-0.4, -0.2) is 5.78 Å². The molecule has 1 aromatic carbocycles. The van der Waals surface area contributed by atoms with Crippen molar-refractivity contribution >= 4 is 17.1 Å². The van der Waals surface area contributed by atoms with Gasteiger partial charge in [0.1, 0.15) is 11.6 Å². The van der Waals surface area contributed by atoms with Gasteiger partial charge in [-0.2, -0.15) is 0 Å². The maximum atomic E-state index is 13.3. The lowest BCUT2D eigenvalue weighted by atomic mass is 10.1. The standard InChI is InChI=1S/C13H11FOS/c14-13-6-2-1-4-10(13)8-11(15)9-12-5-3-7-16-12/h1-7H,8-9H2. The molecule has 0 N–H and O–H groups in total. The number of hydrogen-bond acceptors (Lipinski definition) is 2. The van der Waals surface area contributed by atoms with Crippen LogP contribution in [0.4, 0.5) is 4.39 Å². The SMILES string of the molecule is O=C(Cc1cccs1)Cc1ccccc1F. The highest BCUT2D eigenvalue weighted by molar-refractivity contribution is 7.10. The molecule has 2 rings (SSSR count). The highest BCUT2D eigenvalue weighted by atomic mass is 32.1. The van der Waals surface area contributed by atoms with Crippen LogP contribution in [-0.2, 0) is 17.6 Å². The van der Waals surface area contributed by atoms with Crippen LogP contribution in [0.25, 0.3) is 0 Å². The van der Waals surface area contributed by atoms with Crippen molar-refractivity contribution in [3.05, 3.63) is 58.0 Å². The summed E-state index contributed by atoms with van der Waals surface area (Å²) in [4.78, 5) is 12.7. The van der Waals surface area contributed by atoms with Crippen LogP contribution < -0.4 is 0 Å². The molecule has 0 fully saturated rings. The second-order valence-corrected chi connectivity index (χ2v) is 4.60. The smallest absolute Gasteiger partial charge is 0.142 e. The van der Waals surface area contributed by atoms with Gasteiger partial charge < -0.3 is 0 Å². The molecule has 1 heterocycles. The number of carbonyl (C=O) groups is 1. The van der Waals surface area contributed by atoms with Crippen molar-refractivity contribution in [2.24, 2.45) is 0 Å². The maximum absolute atomic E-state index is 13.3. The average molecular weight is 234 g/mol. The molecule has 0 spiro atoms. The normalized spacial score (nSPS) is 10.3. The zero-order valence-electron chi connectivity index (χ0n) is 8.65. The van der Waals surface area contributed by atoms with Crippen molar-refractivity contribution in [2.75, 3.05) is 0 Å². The quantitative estimate of drug-likeness (QED) is 0.793. The Hall–Kier alpha value is -1.48. The van der Waals surface area contributed by atoms with Gasteiger partial charge in [-0.05, 0) is 23.1 Å². The van der Waals surface area contributed by atoms with Gasteiger partial charge in [-0.1, -0.05) is 24.3 Å². The Morgan fingerprint density at radius 3 is 2.62 bits per heavy atom. The summed E-state index contributed by atoms with van der Waals surface area (Å²) >= 11 is 1.55. The van der Waals surface area contributed by atoms with E-state index in [0.717, 1.165) is 4.88 Å². The Morgan fingerprint density at radius 1 is 1.12 bits per heavy atom. The van der Waals surface area contributed by atoms with E-state index in [1.807, 2.05) is 17.5 Å². The zero-order chi connectivity index (χ0) is 11.4. The van der Waals surface area contributed by atoms with Crippen molar-refractivity contribution < 1.29 is 9.18 Å². The lowest BCUT2D eigenvalue weighted by Crippen LogP contribution is -2.06. The van der Waals surface area contributed by atoms with Crippen LogP contribution in [0.3, 0.4) is 0 Å². The summed E-state index contributed by atoms with van der Waals surface area (Å²) in [5.74, 6) is -0.255. The van der Waals surface area contributed by atoms with Crippen molar-refractivity contribution in [1.29, 1.82) is 0 Å². The predicted molar refractivity (Wildman–Crippen MR) is 63.1 cm³/mol. The van der Waals surface area contributed by atoms with Gasteiger partial charge in [0.05, 0.1) is 0 Å². The molecule has 0 atom stereocenters. The minimum atomic E-state index is -0.304. The number of ketones is 1. The second-order valence-electron chi connectivity index (χ2n) is 3.56. The fourth-order valence-electron chi connectivity index (χ4n) is 1.52. The van der Waals surface area contributed by atoms with Crippen LogP contribution in [0.5, 0.6) is 0 Å². The van der Waals surface area contributed by atoms with Crippen molar-refractivity contribution in [1.82, 2.24) is 0 Å². The highest BCUT2D eigenvalue weighted by Crippen LogP contribution is 2.12. The largest absolute Gasteiger partial charge is 0.299 e. The van der Waals surface area contributed by atoms with Crippen molar-refractivity contribution in [2.45, 2.75) is 12.8 Å². The molecule has 0 saturated carbocycles. The molecule has 0 bridgehead atoms. The van der Waals surface area contributed by atoms with E-state index in [9.17, 15) is 9.18 Å². The second kappa shape index (κ2) is 5.03. The topological polar surface area (TPSA) is 17.1 Å². The summed E-state index contributed by atoms with van der Waals surface area (Å²) in [5, 5.41) is 1.94. The van der Waals surface area contributed by atoms with Crippen molar-refractivity contribution in [3.8, 4) is 0 Å². The molecule has 2 aromatic rings. The summed E-state index contributed by atoms with van der Waals surface area (Å²) in [6.07, 6.45) is 0.566. The van der Waals surface area contributed by atoms with Gasteiger partial charge in [0.15, 0.2) is 0 Å². The molecule has 0 aliphatic carbocycles. The molecule has 3 heteroatoms. The summed E-state index contributed by atoms with van der Waals surface area (Å²) < 4.78 is 13.3. The summed E-state index contributed by atoms with van der Waals surface area (Å²) in [5.41, 5.74) is 0.476. The van der Waals surface area contributed by atoms with Gasteiger partial charge in [0.2, 0.25) is 0 Å². The summed E-state index contributed by atoms with van der Waals surface area (Å²) in [6.45, 7) is 0. The van der Waals surface area contributed by atoms with Crippen LogP contribution in [0.15, 0.2) is 41.8 Å². The molecule has 0 aliphatic heterocycles. The number of carbonyl (C=O) groups excluding carboxylic acids is 1. The Bertz CT molecular complexity index is 476. The number of rotatable bonds is 4. The highest BCUT2D eigenvalue weighted by Gasteiger charge is 2.08. The first-order chi connectivity index (χ1) is 7.75. The first kappa shape index (κ1) is 11.0. The third-order valence-corrected chi connectivity index (χ3v) is 3.17. The van der Waals surface area contributed by atoms with E-state index in [1.54, 1.807) is 29.5 Å². The van der Waals surface area contributed by atoms with Gasteiger partial charge in [-0.25, -0.2) is 4.39 Å². The van der Waals surface area contributed by atoms with Crippen LogP contribution in [0.2, 0.25) is 0 Å². The third kappa shape index (κ3) is 2.76. The molecule has 1 nitrogen and oxygen atoms in total. The number of Topliss-reactive ketones (excluding diaryl/α,β-unsaturated/α-hetero) is 1. The molecule has 1 aromatic heterocycles. The zero-order valence-corrected chi connectivity index (χ0v) is 9.47.